The Kier molecular flexibility index (Phi) is 4.27. The van der Waals surface area contributed by atoms with Crippen LogP contribution in [0.4, 0.5) is 0 Å². The Hall–Kier alpha value is -1.32. The van der Waals surface area contributed by atoms with E-state index in [1.807, 2.05) is 62.4 Å². The van der Waals surface area contributed by atoms with Crippen molar-refractivity contribution in [2.75, 3.05) is 6.61 Å². The minimum atomic E-state index is -0.562. The van der Waals surface area contributed by atoms with Gasteiger partial charge in [0, 0.05) is 4.47 Å². The zero-order valence-corrected chi connectivity index (χ0v) is 12.8. The van der Waals surface area contributed by atoms with Crippen molar-refractivity contribution < 1.29 is 4.74 Å². The van der Waals surface area contributed by atoms with Crippen molar-refractivity contribution in [3.63, 3.8) is 0 Å². The molecule has 19 heavy (non-hydrogen) atoms. The maximum atomic E-state index is 6.54. The molecule has 1 unspecified atom stereocenters. The normalized spacial score (nSPS) is 13.9. The first-order chi connectivity index (χ1) is 9.05. The summed E-state index contributed by atoms with van der Waals surface area (Å²) in [6, 6.07) is 16.0. The third-order valence-electron chi connectivity index (χ3n) is 3.18. The van der Waals surface area contributed by atoms with Crippen molar-refractivity contribution in [1.29, 1.82) is 0 Å². The van der Waals surface area contributed by atoms with E-state index in [1.54, 1.807) is 0 Å². The van der Waals surface area contributed by atoms with Gasteiger partial charge in [-0.3, -0.25) is 0 Å². The van der Waals surface area contributed by atoms with Crippen molar-refractivity contribution in [3.8, 4) is 5.75 Å². The minimum Gasteiger partial charge on any atom is -0.494 e. The van der Waals surface area contributed by atoms with Gasteiger partial charge in [-0.15, -0.1) is 0 Å². The van der Waals surface area contributed by atoms with Gasteiger partial charge in [-0.2, -0.15) is 0 Å². The topological polar surface area (TPSA) is 35.2 Å². The highest BCUT2D eigenvalue weighted by Crippen LogP contribution is 2.33. The molecule has 0 spiro atoms. The number of halogens is 1. The van der Waals surface area contributed by atoms with Crippen molar-refractivity contribution in [3.05, 3.63) is 64.1 Å². The number of ether oxygens (including phenoxy) is 1. The van der Waals surface area contributed by atoms with E-state index >= 15 is 0 Å². The molecule has 0 saturated heterocycles. The summed E-state index contributed by atoms with van der Waals surface area (Å²) in [4.78, 5) is 0. The van der Waals surface area contributed by atoms with Crippen LogP contribution >= 0.6 is 15.9 Å². The molecule has 0 fully saturated rings. The molecule has 2 rings (SSSR count). The Labute approximate surface area is 122 Å². The van der Waals surface area contributed by atoms with Gasteiger partial charge in [0.1, 0.15) is 5.75 Å². The lowest BCUT2D eigenvalue weighted by Gasteiger charge is -2.27. The summed E-state index contributed by atoms with van der Waals surface area (Å²) in [7, 11) is 0. The molecule has 1 atom stereocenters. The first kappa shape index (κ1) is 14.1. The summed E-state index contributed by atoms with van der Waals surface area (Å²) in [5, 5.41) is 0. The Morgan fingerprint density at radius 3 is 2.58 bits per heavy atom. The van der Waals surface area contributed by atoms with E-state index in [2.05, 4.69) is 15.9 Å². The summed E-state index contributed by atoms with van der Waals surface area (Å²) in [5.74, 6) is 0.851. The van der Waals surface area contributed by atoms with E-state index in [9.17, 15) is 0 Å². The molecule has 100 valence electrons. The van der Waals surface area contributed by atoms with E-state index in [0.717, 1.165) is 21.3 Å². The van der Waals surface area contributed by atoms with E-state index in [4.69, 9.17) is 10.5 Å². The maximum absolute atomic E-state index is 6.54. The van der Waals surface area contributed by atoms with Gasteiger partial charge >= 0.3 is 0 Å². The first-order valence-electron chi connectivity index (χ1n) is 6.33. The van der Waals surface area contributed by atoms with Crippen LogP contribution in [0, 0.1) is 0 Å². The number of benzene rings is 2. The fourth-order valence-corrected chi connectivity index (χ4v) is 2.81. The lowest BCUT2D eigenvalue weighted by Crippen LogP contribution is -2.34. The van der Waals surface area contributed by atoms with Gasteiger partial charge in [0.25, 0.3) is 0 Å². The molecule has 2 aromatic carbocycles. The number of hydrogen-bond donors (Lipinski definition) is 1. The van der Waals surface area contributed by atoms with Crippen LogP contribution in [-0.4, -0.2) is 6.61 Å². The summed E-state index contributed by atoms with van der Waals surface area (Å²) in [6.45, 7) is 4.64. The highest BCUT2D eigenvalue weighted by Gasteiger charge is 2.26. The predicted molar refractivity (Wildman–Crippen MR) is 82.4 cm³/mol. The van der Waals surface area contributed by atoms with Crippen molar-refractivity contribution in [2.24, 2.45) is 5.73 Å². The van der Waals surface area contributed by atoms with Gasteiger partial charge in [-0.1, -0.05) is 46.3 Å². The largest absolute Gasteiger partial charge is 0.494 e. The molecule has 0 saturated carbocycles. The van der Waals surface area contributed by atoms with Crippen LogP contribution in [0.1, 0.15) is 25.0 Å². The molecule has 0 bridgehead atoms. The lowest BCUT2D eigenvalue weighted by atomic mass is 9.85. The second kappa shape index (κ2) is 5.76. The monoisotopic (exact) mass is 319 g/mol. The summed E-state index contributed by atoms with van der Waals surface area (Å²) in [6.07, 6.45) is 0. The average Bonchev–Trinajstić information content (AvgIpc) is 2.40. The quantitative estimate of drug-likeness (QED) is 0.922. The van der Waals surface area contributed by atoms with Crippen LogP contribution in [-0.2, 0) is 5.54 Å². The third-order valence-corrected chi connectivity index (χ3v) is 3.87. The zero-order chi connectivity index (χ0) is 13.9. The highest BCUT2D eigenvalue weighted by atomic mass is 79.9. The molecule has 3 heteroatoms. The highest BCUT2D eigenvalue weighted by molar-refractivity contribution is 9.10. The van der Waals surface area contributed by atoms with Gasteiger partial charge in [0.15, 0.2) is 0 Å². The van der Waals surface area contributed by atoms with Gasteiger partial charge in [-0.25, -0.2) is 0 Å². The molecule has 0 heterocycles. The summed E-state index contributed by atoms with van der Waals surface area (Å²) >= 11 is 3.57. The van der Waals surface area contributed by atoms with Crippen LogP contribution in [0.2, 0.25) is 0 Å². The van der Waals surface area contributed by atoms with E-state index in [1.165, 1.54) is 0 Å². The smallest absolute Gasteiger partial charge is 0.119 e. The molecule has 2 nitrogen and oxygen atoms in total. The standard InChI is InChI=1S/C16H18BrNO/c1-3-19-13-8-6-7-12(11-13)16(2,18)14-9-4-5-10-15(14)17/h4-11H,3,18H2,1-2H3. The van der Waals surface area contributed by atoms with E-state index in [0.29, 0.717) is 6.61 Å². The fraction of sp³-hybridized carbons (Fsp3) is 0.250. The first-order valence-corrected chi connectivity index (χ1v) is 7.12. The Morgan fingerprint density at radius 1 is 1.16 bits per heavy atom. The number of rotatable bonds is 4. The van der Waals surface area contributed by atoms with Crippen molar-refractivity contribution in [1.82, 2.24) is 0 Å². The zero-order valence-electron chi connectivity index (χ0n) is 11.2. The third kappa shape index (κ3) is 2.99. The second-order valence-electron chi connectivity index (χ2n) is 4.64. The molecular formula is C16H18BrNO. The minimum absolute atomic E-state index is 0.562. The molecule has 2 aromatic rings. The molecule has 0 amide bonds. The van der Waals surface area contributed by atoms with Gasteiger partial charge in [-0.05, 0) is 43.2 Å². The van der Waals surface area contributed by atoms with Crippen molar-refractivity contribution in [2.45, 2.75) is 19.4 Å². The molecule has 0 aliphatic rings. The van der Waals surface area contributed by atoms with Crippen LogP contribution in [0.3, 0.4) is 0 Å². The maximum Gasteiger partial charge on any atom is 0.119 e. The van der Waals surface area contributed by atoms with Gasteiger partial charge in [0.05, 0.1) is 12.1 Å². The van der Waals surface area contributed by atoms with E-state index in [-0.39, 0.29) is 0 Å². The fourth-order valence-electron chi connectivity index (χ4n) is 2.11. The molecule has 2 N–H and O–H groups in total. The summed E-state index contributed by atoms with van der Waals surface area (Å²) in [5.41, 5.74) is 8.07. The molecule has 0 aliphatic heterocycles. The van der Waals surface area contributed by atoms with Crippen LogP contribution in [0.15, 0.2) is 53.0 Å². The molecule has 0 radical (unpaired) electrons. The van der Waals surface area contributed by atoms with Crippen molar-refractivity contribution >= 4 is 15.9 Å². The van der Waals surface area contributed by atoms with E-state index < -0.39 is 5.54 Å². The number of nitrogens with two attached hydrogens (primary N) is 1. The van der Waals surface area contributed by atoms with Gasteiger partial charge in [0.2, 0.25) is 0 Å². The Morgan fingerprint density at radius 2 is 1.89 bits per heavy atom. The Balaban J connectivity index is 2.44. The van der Waals surface area contributed by atoms with Crippen LogP contribution in [0.5, 0.6) is 5.75 Å². The molecular weight excluding hydrogens is 302 g/mol. The summed E-state index contributed by atoms with van der Waals surface area (Å²) < 4.78 is 6.56. The predicted octanol–water partition coefficient (Wildman–Crippen LogP) is 4.07. The number of hydrogen-bond acceptors (Lipinski definition) is 2. The van der Waals surface area contributed by atoms with Gasteiger partial charge < -0.3 is 10.5 Å². The Bertz CT molecular complexity index is 566. The SMILES string of the molecule is CCOc1cccc(C(C)(N)c2ccccc2Br)c1. The lowest BCUT2D eigenvalue weighted by molar-refractivity contribution is 0.339. The molecule has 0 aromatic heterocycles. The van der Waals surface area contributed by atoms with Crippen LogP contribution < -0.4 is 10.5 Å². The second-order valence-corrected chi connectivity index (χ2v) is 5.50. The average molecular weight is 320 g/mol. The molecule has 0 aliphatic carbocycles. The van der Waals surface area contributed by atoms with Crippen LogP contribution in [0.25, 0.3) is 0 Å².